The predicted molar refractivity (Wildman–Crippen MR) is 175 cm³/mol. The second kappa shape index (κ2) is 16.7. The Morgan fingerprint density at radius 1 is 0.527 bits per heavy atom. The number of carbonyl (C=O) groups is 2. The van der Waals surface area contributed by atoms with Gasteiger partial charge in [-0.15, -0.1) is 0 Å². The molecule has 0 atom stereocenters. The van der Waals surface area contributed by atoms with Crippen molar-refractivity contribution in [1.82, 2.24) is 19.6 Å². The molecule has 2 aliphatic rings. The molecule has 2 aromatic carbocycles. The SMILES string of the molecule is C=C(C(=O)N1CCN(CCO)CC1)c1ccc(Sc2ccc(C(=C)C(=O)N3CCN(CCO)CC3)c(C(F)(F)F)c2C(F)(F)F)c(C(F)(F)F)c1C(F)(F)F. The van der Waals surface area contributed by atoms with Crippen LogP contribution in [-0.2, 0) is 34.3 Å². The molecule has 2 fully saturated rings. The molecule has 0 unspecified atom stereocenters. The summed E-state index contributed by atoms with van der Waals surface area (Å²) in [6.07, 6.45) is -23.8. The Bertz CT molecular complexity index is 1650. The molecule has 2 heterocycles. The Morgan fingerprint density at radius 3 is 1.07 bits per heavy atom. The first-order valence-electron chi connectivity index (χ1n) is 16.4. The molecule has 21 heteroatoms. The number of rotatable bonds is 10. The van der Waals surface area contributed by atoms with E-state index in [2.05, 4.69) is 13.2 Å². The van der Waals surface area contributed by atoms with E-state index in [1.54, 1.807) is 9.80 Å². The summed E-state index contributed by atoms with van der Waals surface area (Å²) in [5.74, 6) is -2.34. The van der Waals surface area contributed by atoms with Gasteiger partial charge in [-0.1, -0.05) is 37.1 Å². The van der Waals surface area contributed by atoms with Gasteiger partial charge < -0.3 is 20.0 Å². The van der Waals surface area contributed by atoms with Crippen molar-refractivity contribution in [2.24, 2.45) is 0 Å². The third kappa shape index (κ3) is 9.97. The second-order valence-electron chi connectivity index (χ2n) is 12.5. The minimum Gasteiger partial charge on any atom is -0.395 e. The van der Waals surface area contributed by atoms with Crippen molar-refractivity contribution in [3.8, 4) is 0 Å². The average Bonchev–Trinajstić information content (AvgIpc) is 3.09. The zero-order valence-corrected chi connectivity index (χ0v) is 29.5. The second-order valence-corrected chi connectivity index (χ2v) is 13.6. The van der Waals surface area contributed by atoms with Crippen LogP contribution >= 0.6 is 11.8 Å². The fraction of sp³-hybridized carbons (Fsp3) is 0.471. The number of hydrogen-bond donors (Lipinski definition) is 2. The van der Waals surface area contributed by atoms with Crippen LogP contribution in [0, 0.1) is 0 Å². The van der Waals surface area contributed by atoms with Crippen molar-refractivity contribution in [1.29, 1.82) is 0 Å². The Hall–Kier alpha value is -3.79. The summed E-state index contributed by atoms with van der Waals surface area (Å²) in [6, 6.07) is 1.40. The number of alkyl halides is 12. The van der Waals surface area contributed by atoms with Crippen LogP contribution < -0.4 is 0 Å². The number of halogens is 12. The number of aliphatic hydroxyl groups excluding tert-OH is 2. The van der Waals surface area contributed by atoms with Gasteiger partial charge in [0, 0.05) is 86.4 Å². The standard InChI is InChI=1S/C34H34F12N4O4S/c1-19(29(53)49-11-7-47(8-12-49)15-17-51)21-3-5-23(27(33(41,42)43)25(21)31(35,36)37)55-24-6-4-22(26(32(38,39)40)28(24)34(44,45)46)20(2)30(54)50-13-9-48(10-14-50)16-18-52/h3-6,51-52H,1-2,7-18H2. The predicted octanol–water partition coefficient (Wildman–Crippen LogP) is 6.21. The third-order valence-corrected chi connectivity index (χ3v) is 10.1. The number of benzene rings is 2. The first-order chi connectivity index (χ1) is 25.4. The fourth-order valence-electron chi connectivity index (χ4n) is 6.35. The molecule has 2 amide bonds. The van der Waals surface area contributed by atoms with Gasteiger partial charge in [-0.25, -0.2) is 0 Å². The van der Waals surface area contributed by atoms with Gasteiger partial charge in [-0.2, -0.15) is 52.7 Å². The van der Waals surface area contributed by atoms with Crippen molar-refractivity contribution in [2.45, 2.75) is 34.5 Å². The van der Waals surface area contributed by atoms with Crippen LogP contribution in [0.25, 0.3) is 11.1 Å². The van der Waals surface area contributed by atoms with E-state index >= 15 is 0 Å². The lowest BCUT2D eigenvalue weighted by Crippen LogP contribution is -2.49. The van der Waals surface area contributed by atoms with E-state index in [1.807, 2.05) is 0 Å². The number of carbonyl (C=O) groups excluding carboxylic acids is 2. The Kier molecular flexibility index (Phi) is 13.4. The molecule has 4 rings (SSSR count). The number of aliphatic hydroxyl groups is 2. The first-order valence-corrected chi connectivity index (χ1v) is 17.2. The van der Waals surface area contributed by atoms with Crippen molar-refractivity contribution >= 4 is 34.7 Å². The van der Waals surface area contributed by atoms with E-state index in [9.17, 15) is 62.3 Å². The summed E-state index contributed by atoms with van der Waals surface area (Å²) >= 11 is -0.663. The van der Waals surface area contributed by atoms with Crippen LogP contribution in [0.4, 0.5) is 52.7 Å². The van der Waals surface area contributed by atoms with Crippen LogP contribution in [-0.4, -0.2) is 120 Å². The molecule has 0 bridgehead atoms. The Morgan fingerprint density at radius 2 is 0.818 bits per heavy atom. The summed E-state index contributed by atoms with van der Waals surface area (Å²) in [5, 5.41) is 18.2. The van der Waals surface area contributed by atoms with Crippen LogP contribution in [0.5, 0.6) is 0 Å². The molecular formula is C34H34F12N4O4S. The minimum absolute atomic E-state index is 0.0870. The Balaban J connectivity index is 1.83. The van der Waals surface area contributed by atoms with Crippen molar-refractivity contribution < 1.29 is 72.5 Å². The molecule has 55 heavy (non-hydrogen) atoms. The molecule has 0 saturated carbocycles. The molecule has 304 valence electrons. The van der Waals surface area contributed by atoms with Crippen molar-refractivity contribution in [2.75, 3.05) is 78.7 Å². The summed E-state index contributed by atoms with van der Waals surface area (Å²) < 4.78 is 175. The van der Waals surface area contributed by atoms with Crippen molar-refractivity contribution in [3.05, 3.63) is 70.8 Å². The maximum atomic E-state index is 14.6. The lowest BCUT2D eigenvalue weighted by atomic mass is 9.94. The highest BCUT2D eigenvalue weighted by atomic mass is 32.2. The normalized spacial score (nSPS) is 16.8. The molecule has 2 aromatic rings. The monoisotopic (exact) mass is 822 g/mol. The number of piperazine rings is 2. The van der Waals surface area contributed by atoms with Crippen LogP contribution in [0.2, 0.25) is 0 Å². The topological polar surface area (TPSA) is 87.6 Å². The average molecular weight is 823 g/mol. The molecule has 8 nitrogen and oxygen atoms in total. The molecular weight excluding hydrogens is 788 g/mol. The van der Waals surface area contributed by atoms with Gasteiger partial charge in [-0.05, 0) is 23.3 Å². The van der Waals surface area contributed by atoms with Gasteiger partial charge in [0.1, 0.15) is 0 Å². The van der Waals surface area contributed by atoms with Crippen LogP contribution in [0.3, 0.4) is 0 Å². The van der Waals surface area contributed by atoms with E-state index in [1.165, 1.54) is 0 Å². The summed E-state index contributed by atoms with van der Waals surface area (Å²) in [6.45, 7) is 6.88. The van der Waals surface area contributed by atoms with Gasteiger partial charge in [0.25, 0.3) is 11.8 Å². The zero-order valence-electron chi connectivity index (χ0n) is 28.7. The first kappa shape index (κ1) is 43.9. The van der Waals surface area contributed by atoms with E-state index in [0.717, 1.165) is 9.80 Å². The number of nitrogens with zero attached hydrogens (tertiary/aromatic N) is 4. The molecule has 2 N–H and O–H groups in total. The molecule has 0 aliphatic carbocycles. The van der Waals surface area contributed by atoms with Gasteiger partial charge in [0.05, 0.1) is 35.5 Å². The third-order valence-electron chi connectivity index (χ3n) is 9.01. The summed E-state index contributed by atoms with van der Waals surface area (Å²) in [7, 11) is 0. The molecule has 2 aliphatic heterocycles. The van der Waals surface area contributed by atoms with E-state index < -0.39 is 103 Å². The Labute approximate surface area is 310 Å². The molecule has 2 saturated heterocycles. The van der Waals surface area contributed by atoms with E-state index in [0.29, 0.717) is 24.3 Å². The minimum atomic E-state index is -5.98. The highest BCUT2D eigenvalue weighted by Gasteiger charge is 2.50. The highest BCUT2D eigenvalue weighted by molar-refractivity contribution is 7.99. The summed E-state index contributed by atoms with van der Waals surface area (Å²) in [4.78, 5) is 28.7. The quantitative estimate of drug-likeness (QED) is 0.218. The maximum absolute atomic E-state index is 14.6. The molecule has 0 aromatic heterocycles. The lowest BCUT2D eigenvalue weighted by molar-refractivity contribution is -0.164. The number of amides is 2. The van der Waals surface area contributed by atoms with Gasteiger partial charge in [0.2, 0.25) is 0 Å². The van der Waals surface area contributed by atoms with Crippen molar-refractivity contribution in [3.63, 3.8) is 0 Å². The lowest BCUT2D eigenvalue weighted by Gasteiger charge is -2.35. The molecule has 0 radical (unpaired) electrons. The highest BCUT2D eigenvalue weighted by Crippen LogP contribution is 2.53. The van der Waals surface area contributed by atoms with Gasteiger partial charge in [0.15, 0.2) is 0 Å². The largest absolute Gasteiger partial charge is 0.418 e. The molecule has 0 spiro atoms. The number of hydrogen-bond acceptors (Lipinski definition) is 7. The zero-order chi connectivity index (χ0) is 41.3. The maximum Gasteiger partial charge on any atom is 0.418 e. The number of β-amino-alcohol motifs (C(OH)–C–C–N with tert-alkyl or cyclic N) is 2. The van der Waals surface area contributed by atoms with Gasteiger partial charge in [-0.3, -0.25) is 19.4 Å². The fourth-order valence-corrected chi connectivity index (χ4v) is 7.50. The van der Waals surface area contributed by atoms with Gasteiger partial charge >= 0.3 is 24.7 Å². The van der Waals surface area contributed by atoms with Crippen LogP contribution in [0.15, 0.2) is 47.2 Å². The van der Waals surface area contributed by atoms with E-state index in [4.69, 9.17) is 10.2 Å². The van der Waals surface area contributed by atoms with E-state index in [-0.39, 0.29) is 78.7 Å². The summed E-state index contributed by atoms with van der Waals surface area (Å²) in [5.41, 5.74) is -14.8. The smallest absolute Gasteiger partial charge is 0.395 e. The van der Waals surface area contributed by atoms with Crippen LogP contribution in [0.1, 0.15) is 33.4 Å².